The molecular formula is C20H19FO6. The zero-order chi connectivity index (χ0) is 19.4. The molecule has 1 aliphatic rings. The Kier molecular flexibility index (Phi) is 5.49. The van der Waals surface area contributed by atoms with Crippen LogP contribution in [-0.2, 0) is 9.53 Å². The summed E-state index contributed by atoms with van der Waals surface area (Å²) in [6, 6.07) is 8.98. The lowest BCUT2D eigenvalue weighted by Gasteiger charge is -2.16. The molecule has 0 N–H and O–H groups in total. The second-order valence-corrected chi connectivity index (χ2v) is 5.77. The summed E-state index contributed by atoms with van der Waals surface area (Å²) >= 11 is 0. The molecule has 1 atom stereocenters. The highest BCUT2D eigenvalue weighted by atomic mass is 19.1. The highest BCUT2D eigenvalue weighted by Gasteiger charge is 2.32. The molecule has 1 unspecified atom stereocenters. The molecule has 6 nitrogen and oxygen atoms in total. The summed E-state index contributed by atoms with van der Waals surface area (Å²) in [6.07, 6.45) is 1.14. The first-order valence-electron chi connectivity index (χ1n) is 8.18. The number of cyclic esters (lactones) is 1. The maximum absolute atomic E-state index is 12.9. The standard InChI is InChI=1S/C20H19FO6/c1-23-17-8-12(9-18(24-2)19(17)25-3)16-10-13(20(22)27-16)11-26-15-6-4-14(21)5-7-15/h4-9,11,16H,10H2,1-3H3/b13-11-. The van der Waals surface area contributed by atoms with Crippen molar-refractivity contribution in [3.63, 3.8) is 0 Å². The second-order valence-electron chi connectivity index (χ2n) is 5.77. The number of ether oxygens (including phenoxy) is 5. The van der Waals surface area contributed by atoms with Gasteiger partial charge in [0.1, 0.15) is 23.9 Å². The number of rotatable bonds is 6. The van der Waals surface area contributed by atoms with Gasteiger partial charge in [0.15, 0.2) is 11.5 Å². The fourth-order valence-electron chi connectivity index (χ4n) is 2.75. The van der Waals surface area contributed by atoms with Crippen LogP contribution in [0.1, 0.15) is 18.1 Å². The van der Waals surface area contributed by atoms with Gasteiger partial charge in [0.2, 0.25) is 5.75 Å². The van der Waals surface area contributed by atoms with Gasteiger partial charge in [0.05, 0.1) is 26.9 Å². The van der Waals surface area contributed by atoms with Gasteiger partial charge in [-0.05, 0) is 36.4 Å². The van der Waals surface area contributed by atoms with Crippen molar-refractivity contribution in [3.8, 4) is 23.0 Å². The molecule has 0 amide bonds. The van der Waals surface area contributed by atoms with Crippen molar-refractivity contribution in [2.45, 2.75) is 12.5 Å². The molecule has 142 valence electrons. The summed E-state index contributed by atoms with van der Waals surface area (Å²) in [6.45, 7) is 0. The van der Waals surface area contributed by atoms with Crippen LogP contribution in [0.5, 0.6) is 23.0 Å². The van der Waals surface area contributed by atoms with Crippen LogP contribution in [0.2, 0.25) is 0 Å². The Morgan fingerprint density at radius 1 is 1.04 bits per heavy atom. The van der Waals surface area contributed by atoms with Crippen LogP contribution in [0.25, 0.3) is 0 Å². The van der Waals surface area contributed by atoms with Crippen molar-refractivity contribution in [3.05, 3.63) is 59.6 Å². The van der Waals surface area contributed by atoms with Gasteiger partial charge in [0, 0.05) is 12.0 Å². The number of hydrogen-bond donors (Lipinski definition) is 0. The van der Waals surface area contributed by atoms with E-state index in [2.05, 4.69) is 0 Å². The topological polar surface area (TPSA) is 63.2 Å². The SMILES string of the molecule is COc1cc(C2C/C(=C/Oc3ccc(F)cc3)C(=O)O2)cc(OC)c1OC. The number of esters is 1. The molecule has 0 bridgehead atoms. The van der Waals surface area contributed by atoms with Crippen LogP contribution < -0.4 is 18.9 Å². The summed E-state index contributed by atoms with van der Waals surface area (Å²) in [5, 5.41) is 0. The molecular weight excluding hydrogens is 355 g/mol. The Labute approximate surface area is 156 Å². The van der Waals surface area contributed by atoms with E-state index in [9.17, 15) is 9.18 Å². The first-order valence-corrected chi connectivity index (χ1v) is 8.18. The molecule has 2 aromatic rings. The van der Waals surface area contributed by atoms with Crippen molar-refractivity contribution in [2.24, 2.45) is 0 Å². The molecule has 0 aromatic heterocycles. The molecule has 0 spiro atoms. The van der Waals surface area contributed by atoms with E-state index in [1.54, 1.807) is 12.1 Å². The fraction of sp³-hybridized carbons (Fsp3) is 0.250. The Morgan fingerprint density at radius 2 is 1.67 bits per heavy atom. The molecule has 3 rings (SSSR count). The van der Waals surface area contributed by atoms with Gasteiger partial charge in [-0.2, -0.15) is 0 Å². The molecule has 1 saturated heterocycles. The number of hydrogen-bond acceptors (Lipinski definition) is 6. The summed E-state index contributed by atoms with van der Waals surface area (Å²) in [5.74, 6) is 0.996. The minimum Gasteiger partial charge on any atom is -0.493 e. The molecule has 1 fully saturated rings. The average molecular weight is 374 g/mol. The van der Waals surface area contributed by atoms with Gasteiger partial charge in [-0.15, -0.1) is 0 Å². The van der Waals surface area contributed by atoms with Crippen molar-refractivity contribution in [2.75, 3.05) is 21.3 Å². The number of methoxy groups -OCH3 is 3. The Balaban J connectivity index is 1.80. The third kappa shape index (κ3) is 3.97. The van der Waals surface area contributed by atoms with Crippen LogP contribution in [0.15, 0.2) is 48.2 Å². The Morgan fingerprint density at radius 3 is 2.22 bits per heavy atom. The van der Waals surface area contributed by atoms with E-state index < -0.39 is 12.1 Å². The smallest absolute Gasteiger partial charge is 0.337 e. The van der Waals surface area contributed by atoms with Crippen molar-refractivity contribution < 1.29 is 32.9 Å². The average Bonchev–Trinajstić information content (AvgIpc) is 3.07. The van der Waals surface area contributed by atoms with Crippen LogP contribution in [-0.4, -0.2) is 27.3 Å². The van der Waals surface area contributed by atoms with E-state index in [1.165, 1.54) is 51.9 Å². The molecule has 0 saturated carbocycles. The van der Waals surface area contributed by atoms with Crippen LogP contribution in [0.4, 0.5) is 4.39 Å². The predicted octanol–water partition coefficient (Wildman–Crippen LogP) is 3.80. The maximum atomic E-state index is 12.9. The zero-order valence-electron chi connectivity index (χ0n) is 15.2. The van der Waals surface area contributed by atoms with E-state index in [0.29, 0.717) is 40.6 Å². The van der Waals surface area contributed by atoms with Crippen molar-refractivity contribution in [1.82, 2.24) is 0 Å². The number of carbonyl (C=O) groups excluding carboxylic acids is 1. The summed E-state index contributed by atoms with van der Waals surface area (Å²) in [4.78, 5) is 12.1. The van der Waals surface area contributed by atoms with Gasteiger partial charge >= 0.3 is 5.97 Å². The van der Waals surface area contributed by atoms with Crippen molar-refractivity contribution in [1.29, 1.82) is 0 Å². The normalized spacial score (nSPS) is 17.6. The first-order chi connectivity index (χ1) is 13.0. The van der Waals surface area contributed by atoms with Gasteiger partial charge in [0.25, 0.3) is 0 Å². The predicted molar refractivity (Wildman–Crippen MR) is 94.7 cm³/mol. The molecule has 1 aliphatic heterocycles. The third-order valence-electron chi connectivity index (χ3n) is 4.13. The van der Waals surface area contributed by atoms with E-state index in [-0.39, 0.29) is 5.82 Å². The molecule has 2 aromatic carbocycles. The van der Waals surface area contributed by atoms with Gasteiger partial charge in [-0.1, -0.05) is 0 Å². The number of benzene rings is 2. The van der Waals surface area contributed by atoms with Crippen LogP contribution in [0, 0.1) is 5.82 Å². The Bertz CT molecular complexity index is 834. The van der Waals surface area contributed by atoms with E-state index in [1.807, 2.05) is 0 Å². The zero-order valence-corrected chi connectivity index (χ0v) is 15.2. The number of halogens is 1. The van der Waals surface area contributed by atoms with Gasteiger partial charge < -0.3 is 23.7 Å². The van der Waals surface area contributed by atoms with Gasteiger partial charge in [-0.25, -0.2) is 9.18 Å². The Hall–Kier alpha value is -3.22. The summed E-state index contributed by atoms with van der Waals surface area (Å²) in [7, 11) is 4.55. The van der Waals surface area contributed by atoms with Crippen LogP contribution in [0.3, 0.4) is 0 Å². The fourth-order valence-corrected chi connectivity index (χ4v) is 2.75. The summed E-state index contributed by atoms with van der Waals surface area (Å²) < 4.78 is 39.8. The van der Waals surface area contributed by atoms with Crippen LogP contribution >= 0.6 is 0 Å². The number of carbonyl (C=O) groups is 1. The lowest BCUT2D eigenvalue weighted by Crippen LogP contribution is -2.02. The molecule has 7 heteroatoms. The molecule has 27 heavy (non-hydrogen) atoms. The second kappa shape index (κ2) is 7.99. The quantitative estimate of drug-likeness (QED) is 0.435. The third-order valence-corrected chi connectivity index (χ3v) is 4.13. The highest BCUT2D eigenvalue weighted by Crippen LogP contribution is 2.43. The van der Waals surface area contributed by atoms with E-state index >= 15 is 0 Å². The van der Waals surface area contributed by atoms with Crippen molar-refractivity contribution >= 4 is 5.97 Å². The summed E-state index contributed by atoms with van der Waals surface area (Å²) in [5.41, 5.74) is 1.08. The molecule has 1 heterocycles. The van der Waals surface area contributed by atoms with Gasteiger partial charge in [-0.3, -0.25) is 0 Å². The monoisotopic (exact) mass is 374 g/mol. The molecule has 0 radical (unpaired) electrons. The minimum atomic E-state index is -0.505. The lowest BCUT2D eigenvalue weighted by molar-refractivity contribution is -0.139. The lowest BCUT2D eigenvalue weighted by atomic mass is 10.0. The highest BCUT2D eigenvalue weighted by molar-refractivity contribution is 5.90. The molecule has 0 aliphatic carbocycles. The minimum absolute atomic E-state index is 0.318. The van der Waals surface area contributed by atoms with E-state index in [4.69, 9.17) is 23.7 Å². The largest absolute Gasteiger partial charge is 0.493 e. The van der Waals surface area contributed by atoms with E-state index in [0.717, 1.165) is 0 Å². The maximum Gasteiger partial charge on any atom is 0.337 e. The first kappa shape index (κ1) is 18.6.